The van der Waals surface area contributed by atoms with Crippen LogP contribution >= 0.6 is 0 Å². The van der Waals surface area contributed by atoms with Crippen molar-refractivity contribution in [1.29, 1.82) is 0 Å². The standard InChI is InChI=1S/C20H20N2O2/c1-4-13-14-7-5-6-8-17(14)21-19-16(13)10-22-18(19)9-15(12(3)23)11(2)20(22)24/h5-9,13,16H,4,10H2,1-3H3. The number of rotatable bonds is 2. The molecule has 0 bridgehead atoms. The average Bonchev–Trinajstić information content (AvgIpc) is 2.94. The molecule has 0 amide bonds. The number of hydrogen-bond donors (Lipinski definition) is 0. The van der Waals surface area contributed by atoms with Gasteiger partial charge in [0.15, 0.2) is 5.78 Å². The highest BCUT2D eigenvalue weighted by molar-refractivity contribution is 6.07. The number of nitrogens with zero attached hydrogens (tertiary/aromatic N) is 2. The van der Waals surface area contributed by atoms with E-state index in [0.717, 1.165) is 23.5 Å². The second kappa shape index (κ2) is 5.26. The molecule has 122 valence electrons. The molecule has 0 saturated heterocycles. The third-order valence-corrected chi connectivity index (χ3v) is 5.42. The average molecular weight is 320 g/mol. The molecule has 2 unspecified atom stereocenters. The summed E-state index contributed by atoms with van der Waals surface area (Å²) in [5, 5.41) is 0. The number of ketones is 1. The van der Waals surface area contributed by atoms with Crippen LogP contribution in [0.3, 0.4) is 0 Å². The predicted molar refractivity (Wildman–Crippen MR) is 94.6 cm³/mol. The van der Waals surface area contributed by atoms with E-state index in [1.165, 1.54) is 12.5 Å². The number of fused-ring (bicyclic) bond motifs is 4. The van der Waals surface area contributed by atoms with Crippen molar-refractivity contribution in [2.24, 2.45) is 10.9 Å². The van der Waals surface area contributed by atoms with Gasteiger partial charge in [0.1, 0.15) is 0 Å². The fraction of sp³-hybridized carbons (Fsp3) is 0.350. The Labute approximate surface area is 140 Å². The summed E-state index contributed by atoms with van der Waals surface area (Å²) in [5.74, 6) is 0.494. The zero-order valence-corrected chi connectivity index (χ0v) is 14.2. The summed E-state index contributed by atoms with van der Waals surface area (Å²) in [6.45, 7) is 6.08. The number of hydrogen-bond acceptors (Lipinski definition) is 3. The molecule has 2 aliphatic heterocycles. The van der Waals surface area contributed by atoms with Crippen LogP contribution in [-0.4, -0.2) is 16.1 Å². The Morgan fingerprint density at radius 3 is 2.79 bits per heavy atom. The van der Waals surface area contributed by atoms with Crippen LogP contribution in [0.2, 0.25) is 0 Å². The van der Waals surface area contributed by atoms with Crippen LogP contribution in [0.25, 0.3) is 0 Å². The van der Waals surface area contributed by atoms with Crippen LogP contribution < -0.4 is 5.56 Å². The first kappa shape index (κ1) is 15.1. The van der Waals surface area contributed by atoms with Gasteiger partial charge in [-0.25, -0.2) is 0 Å². The Bertz CT molecular complexity index is 953. The van der Waals surface area contributed by atoms with Gasteiger partial charge >= 0.3 is 0 Å². The Morgan fingerprint density at radius 2 is 2.08 bits per heavy atom. The summed E-state index contributed by atoms with van der Waals surface area (Å²) in [4.78, 5) is 29.5. The van der Waals surface area contributed by atoms with Crippen LogP contribution in [-0.2, 0) is 6.54 Å². The lowest BCUT2D eigenvalue weighted by molar-refractivity contribution is 0.101. The van der Waals surface area contributed by atoms with Crippen molar-refractivity contribution < 1.29 is 4.79 Å². The fourth-order valence-electron chi connectivity index (χ4n) is 4.19. The van der Waals surface area contributed by atoms with Crippen molar-refractivity contribution in [3.63, 3.8) is 0 Å². The van der Waals surface area contributed by atoms with Crippen molar-refractivity contribution in [2.75, 3.05) is 0 Å². The van der Waals surface area contributed by atoms with E-state index in [4.69, 9.17) is 4.99 Å². The lowest BCUT2D eigenvalue weighted by Gasteiger charge is -2.28. The van der Waals surface area contributed by atoms with E-state index in [-0.39, 0.29) is 17.3 Å². The minimum atomic E-state index is -0.0692. The maximum absolute atomic E-state index is 12.8. The monoisotopic (exact) mass is 320 g/mol. The van der Waals surface area contributed by atoms with Crippen molar-refractivity contribution in [3.05, 3.63) is 63.1 Å². The van der Waals surface area contributed by atoms with E-state index in [9.17, 15) is 9.59 Å². The number of aliphatic imine (C=N–C) groups is 1. The number of pyridine rings is 1. The topological polar surface area (TPSA) is 51.4 Å². The SMILES string of the molecule is CCC1c2ccccc2N=C2c3cc(C(C)=O)c(C)c(=O)n3CC21. The maximum Gasteiger partial charge on any atom is 0.254 e. The van der Waals surface area contributed by atoms with Crippen LogP contribution in [0.1, 0.15) is 53.4 Å². The molecule has 2 aliphatic rings. The molecule has 0 aliphatic carbocycles. The van der Waals surface area contributed by atoms with Gasteiger partial charge in [-0.3, -0.25) is 14.6 Å². The highest BCUT2D eigenvalue weighted by atomic mass is 16.1. The Balaban J connectivity index is 1.98. The van der Waals surface area contributed by atoms with E-state index in [1.807, 2.05) is 24.3 Å². The largest absolute Gasteiger partial charge is 0.306 e. The first-order valence-electron chi connectivity index (χ1n) is 8.46. The van der Waals surface area contributed by atoms with Gasteiger partial charge in [0, 0.05) is 23.6 Å². The molecular weight excluding hydrogens is 300 g/mol. The fourth-order valence-corrected chi connectivity index (χ4v) is 4.19. The van der Waals surface area contributed by atoms with Gasteiger partial charge in [0.2, 0.25) is 0 Å². The Morgan fingerprint density at radius 1 is 1.33 bits per heavy atom. The van der Waals surface area contributed by atoms with Crippen LogP contribution in [0.5, 0.6) is 0 Å². The Kier molecular flexibility index (Phi) is 3.30. The lowest BCUT2D eigenvalue weighted by atomic mass is 9.79. The third-order valence-electron chi connectivity index (χ3n) is 5.42. The van der Waals surface area contributed by atoms with E-state index >= 15 is 0 Å². The van der Waals surface area contributed by atoms with E-state index in [2.05, 4.69) is 13.0 Å². The summed E-state index contributed by atoms with van der Waals surface area (Å²) in [6.07, 6.45) is 1.00. The molecule has 4 heteroatoms. The molecule has 3 heterocycles. The molecule has 1 aromatic heterocycles. The summed E-state index contributed by atoms with van der Waals surface area (Å²) < 4.78 is 1.81. The molecule has 24 heavy (non-hydrogen) atoms. The number of Topliss-reactive ketones (excluding diaryl/α,β-unsaturated/α-hetero) is 1. The molecule has 0 spiro atoms. The van der Waals surface area contributed by atoms with Crippen molar-refractivity contribution in [3.8, 4) is 0 Å². The van der Waals surface area contributed by atoms with Gasteiger partial charge in [-0.15, -0.1) is 0 Å². The summed E-state index contributed by atoms with van der Waals surface area (Å²) >= 11 is 0. The van der Waals surface area contributed by atoms with Gasteiger partial charge in [0.25, 0.3) is 5.56 Å². The third kappa shape index (κ3) is 1.95. The molecule has 4 rings (SSSR count). The lowest BCUT2D eigenvalue weighted by Crippen LogP contribution is -2.25. The van der Waals surface area contributed by atoms with Gasteiger partial charge in [0.05, 0.1) is 17.1 Å². The molecule has 0 N–H and O–H groups in total. The minimum Gasteiger partial charge on any atom is -0.306 e. The van der Waals surface area contributed by atoms with Crippen molar-refractivity contribution in [1.82, 2.24) is 4.57 Å². The summed E-state index contributed by atoms with van der Waals surface area (Å²) in [6, 6.07) is 10.1. The molecule has 0 saturated carbocycles. The highest BCUT2D eigenvalue weighted by Crippen LogP contribution is 2.44. The second-order valence-electron chi connectivity index (χ2n) is 6.72. The molecule has 2 atom stereocenters. The first-order valence-corrected chi connectivity index (χ1v) is 8.46. The maximum atomic E-state index is 12.8. The molecule has 0 radical (unpaired) electrons. The minimum absolute atomic E-state index is 0.0614. The molecule has 1 aromatic carbocycles. The van der Waals surface area contributed by atoms with Crippen LogP contribution in [0, 0.1) is 12.8 Å². The number of para-hydroxylation sites is 1. The summed E-state index contributed by atoms with van der Waals surface area (Å²) in [5.41, 5.74) is 5.01. The van der Waals surface area contributed by atoms with E-state index in [1.54, 1.807) is 11.5 Å². The van der Waals surface area contributed by atoms with Crippen molar-refractivity contribution >= 4 is 17.2 Å². The van der Waals surface area contributed by atoms with E-state index < -0.39 is 0 Å². The quantitative estimate of drug-likeness (QED) is 0.794. The smallest absolute Gasteiger partial charge is 0.254 e. The van der Waals surface area contributed by atoms with Gasteiger partial charge in [-0.2, -0.15) is 0 Å². The number of benzene rings is 1. The molecular formula is C20H20N2O2. The Hall–Kier alpha value is -2.49. The van der Waals surface area contributed by atoms with Gasteiger partial charge in [-0.1, -0.05) is 25.1 Å². The second-order valence-corrected chi connectivity index (χ2v) is 6.72. The zero-order valence-electron chi connectivity index (χ0n) is 14.2. The first-order chi connectivity index (χ1) is 11.5. The van der Waals surface area contributed by atoms with E-state index in [0.29, 0.717) is 23.6 Å². The van der Waals surface area contributed by atoms with Crippen molar-refractivity contribution in [2.45, 2.75) is 39.7 Å². The normalized spacial score (nSPS) is 20.9. The van der Waals surface area contributed by atoms with Crippen LogP contribution in [0.15, 0.2) is 40.1 Å². The number of aromatic nitrogens is 1. The molecule has 0 fully saturated rings. The highest BCUT2D eigenvalue weighted by Gasteiger charge is 2.39. The predicted octanol–water partition coefficient (Wildman–Crippen LogP) is 3.62. The van der Waals surface area contributed by atoms with Crippen LogP contribution in [0.4, 0.5) is 5.69 Å². The molecule has 4 nitrogen and oxygen atoms in total. The van der Waals surface area contributed by atoms with Gasteiger partial charge in [-0.05, 0) is 43.9 Å². The number of carbonyl (C=O) groups is 1. The van der Waals surface area contributed by atoms with Gasteiger partial charge < -0.3 is 4.57 Å². The number of carbonyl (C=O) groups excluding carboxylic acids is 1. The molecule has 2 aromatic rings. The summed E-state index contributed by atoms with van der Waals surface area (Å²) in [7, 11) is 0. The zero-order chi connectivity index (χ0) is 17.0.